The number of nitrogens with one attached hydrogen (secondary N) is 1. The van der Waals surface area contributed by atoms with Crippen molar-refractivity contribution in [1.29, 1.82) is 0 Å². The number of hydrogen-bond acceptors (Lipinski definition) is 5. The van der Waals surface area contributed by atoms with Crippen molar-refractivity contribution < 1.29 is 9.32 Å². The average molecular weight is 322 g/mol. The van der Waals surface area contributed by atoms with Crippen LogP contribution >= 0.6 is 0 Å². The van der Waals surface area contributed by atoms with Crippen LogP contribution in [0, 0.1) is 0 Å². The lowest BCUT2D eigenvalue weighted by atomic mass is 10.2. The minimum Gasteiger partial charge on any atom is -0.364 e. The van der Waals surface area contributed by atoms with Gasteiger partial charge in [-0.05, 0) is 24.3 Å². The van der Waals surface area contributed by atoms with Crippen LogP contribution in [0.15, 0.2) is 53.6 Å². The molecule has 0 fully saturated rings. The van der Waals surface area contributed by atoms with E-state index in [-0.39, 0.29) is 5.91 Å². The smallest absolute Gasteiger partial charge is 0.253 e. The fourth-order valence-corrected chi connectivity index (χ4v) is 2.49. The fourth-order valence-electron chi connectivity index (χ4n) is 2.49. The van der Waals surface area contributed by atoms with Crippen LogP contribution in [0.5, 0.6) is 0 Å². The second-order valence-corrected chi connectivity index (χ2v) is 5.39. The number of aromatic nitrogens is 5. The Bertz CT molecular complexity index is 999. The molecule has 0 aliphatic rings. The summed E-state index contributed by atoms with van der Waals surface area (Å²) in [6.45, 7) is 0.354. The summed E-state index contributed by atoms with van der Waals surface area (Å²) in [4.78, 5) is 12.3. The third kappa shape index (κ3) is 2.43. The minimum atomic E-state index is -0.190. The van der Waals surface area contributed by atoms with Gasteiger partial charge in [-0.25, -0.2) is 0 Å². The number of pyridine rings is 1. The summed E-state index contributed by atoms with van der Waals surface area (Å²) < 4.78 is 8.51. The molecule has 0 bridgehead atoms. The lowest BCUT2D eigenvalue weighted by Crippen LogP contribution is -2.22. The predicted octanol–water partition coefficient (Wildman–Crippen LogP) is 1.65. The highest BCUT2D eigenvalue weighted by molar-refractivity contribution is 5.94. The SMILES string of the molecule is Cn1cccc1-c1nnc2ccc(C(=O)NCc3cnoc3)cn12. The van der Waals surface area contributed by atoms with Crippen molar-refractivity contribution in [3.05, 3.63) is 60.2 Å². The van der Waals surface area contributed by atoms with E-state index < -0.39 is 0 Å². The Kier molecular flexibility index (Phi) is 3.34. The molecular weight excluding hydrogens is 308 g/mol. The van der Waals surface area contributed by atoms with Gasteiger partial charge in [-0.2, -0.15) is 0 Å². The molecule has 4 heterocycles. The molecule has 4 aromatic rings. The Labute approximate surface area is 136 Å². The van der Waals surface area contributed by atoms with Crippen molar-refractivity contribution >= 4 is 11.6 Å². The van der Waals surface area contributed by atoms with E-state index in [9.17, 15) is 4.79 Å². The van der Waals surface area contributed by atoms with Gasteiger partial charge in [-0.15, -0.1) is 10.2 Å². The first-order valence-electron chi connectivity index (χ1n) is 7.35. The van der Waals surface area contributed by atoms with Gasteiger partial charge in [0.05, 0.1) is 17.5 Å². The zero-order valence-corrected chi connectivity index (χ0v) is 12.9. The monoisotopic (exact) mass is 322 g/mol. The summed E-state index contributed by atoms with van der Waals surface area (Å²) in [5.41, 5.74) is 2.93. The molecule has 8 nitrogen and oxygen atoms in total. The number of amides is 1. The summed E-state index contributed by atoms with van der Waals surface area (Å²) >= 11 is 0. The van der Waals surface area contributed by atoms with Gasteiger partial charge in [0, 0.05) is 31.5 Å². The Morgan fingerprint density at radius 1 is 1.29 bits per heavy atom. The van der Waals surface area contributed by atoms with Crippen LogP contribution in [0.2, 0.25) is 0 Å². The van der Waals surface area contributed by atoms with Crippen LogP contribution in [-0.4, -0.2) is 30.2 Å². The fraction of sp³-hybridized carbons (Fsp3) is 0.125. The summed E-state index contributed by atoms with van der Waals surface area (Å²) in [5, 5.41) is 14.8. The van der Waals surface area contributed by atoms with Gasteiger partial charge in [0.15, 0.2) is 11.5 Å². The minimum absolute atomic E-state index is 0.190. The molecule has 0 spiro atoms. The van der Waals surface area contributed by atoms with Crippen molar-refractivity contribution in [2.75, 3.05) is 0 Å². The average Bonchev–Trinajstić information content (AvgIpc) is 3.32. The van der Waals surface area contributed by atoms with E-state index in [2.05, 4.69) is 20.7 Å². The Hall–Kier alpha value is -3.42. The summed E-state index contributed by atoms with van der Waals surface area (Å²) in [7, 11) is 1.94. The molecule has 1 N–H and O–H groups in total. The van der Waals surface area contributed by atoms with Crippen molar-refractivity contribution in [1.82, 2.24) is 29.6 Å². The molecular formula is C16H14N6O2. The van der Waals surface area contributed by atoms with E-state index in [1.165, 1.54) is 6.26 Å². The molecule has 0 radical (unpaired) electrons. The first-order valence-corrected chi connectivity index (χ1v) is 7.35. The molecule has 4 rings (SSSR count). The maximum absolute atomic E-state index is 12.3. The lowest BCUT2D eigenvalue weighted by Gasteiger charge is -2.06. The lowest BCUT2D eigenvalue weighted by molar-refractivity contribution is 0.0950. The van der Waals surface area contributed by atoms with Gasteiger partial charge in [-0.1, -0.05) is 5.16 Å². The van der Waals surface area contributed by atoms with Crippen molar-refractivity contribution in [2.45, 2.75) is 6.54 Å². The van der Waals surface area contributed by atoms with Crippen molar-refractivity contribution in [3.8, 4) is 11.5 Å². The predicted molar refractivity (Wildman–Crippen MR) is 85.1 cm³/mol. The largest absolute Gasteiger partial charge is 0.364 e. The highest BCUT2D eigenvalue weighted by atomic mass is 16.5. The molecule has 0 atom stereocenters. The quantitative estimate of drug-likeness (QED) is 0.617. The van der Waals surface area contributed by atoms with Gasteiger partial charge in [0.2, 0.25) is 0 Å². The standard InChI is InChI=1S/C16H14N6O2/c1-21-6-2-3-13(21)15-20-19-14-5-4-12(9-22(14)15)16(23)17-7-11-8-18-24-10-11/h2-6,8-10H,7H2,1H3,(H,17,23). The van der Waals surface area contributed by atoms with E-state index in [0.29, 0.717) is 23.6 Å². The number of carbonyl (C=O) groups excluding carboxylic acids is 1. The van der Waals surface area contributed by atoms with Crippen LogP contribution < -0.4 is 5.32 Å². The van der Waals surface area contributed by atoms with E-state index in [4.69, 9.17) is 4.52 Å². The Morgan fingerprint density at radius 3 is 2.96 bits per heavy atom. The topological polar surface area (TPSA) is 90.2 Å². The second kappa shape index (κ2) is 5.65. The van der Waals surface area contributed by atoms with Gasteiger partial charge in [0.25, 0.3) is 5.91 Å². The second-order valence-electron chi connectivity index (χ2n) is 5.39. The molecule has 24 heavy (non-hydrogen) atoms. The number of hydrogen-bond donors (Lipinski definition) is 1. The van der Waals surface area contributed by atoms with E-state index in [1.54, 1.807) is 24.5 Å². The van der Waals surface area contributed by atoms with Crippen molar-refractivity contribution in [3.63, 3.8) is 0 Å². The van der Waals surface area contributed by atoms with Crippen LogP contribution in [0.1, 0.15) is 15.9 Å². The van der Waals surface area contributed by atoms with E-state index in [1.807, 2.05) is 34.3 Å². The van der Waals surface area contributed by atoms with Crippen LogP contribution in [-0.2, 0) is 13.6 Å². The summed E-state index contributed by atoms with van der Waals surface area (Å²) in [6.07, 6.45) is 6.74. The highest BCUT2D eigenvalue weighted by Crippen LogP contribution is 2.19. The van der Waals surface area contributed by atoms with Crippen LogP contribution in [0.25, 0.3) is 17.2 Å². The number of aryl methyl sites for hydroxylation is 1. The van der Waals surface area contributed by atoms with Gasteiger partial charge < -0.3 is 14.4 Å². The number of carbonyl (C=O) groups is 1. The van der Waals surface area contributed by atoms with Crippen LogP contribution in [0.3, 0.4) is 0 Å². The molecule has 0 saturated carbocycles. The molecule has 0 unspecified atom stereocenters. The zero-order valence-electron chi connectivity index (χ0n) is 12.9. The summed E-state index contributed by atoms with van der Waals surface area (Å²) in [5.74, 6) is 0.496. The molecule has 8 heteroatoms. The number of rotatable bonds is 4. The van der Waals surface area contributed by atoms with Crippen molar-refractivity contribution in [2.24, 2.45) is 7.05 Å². The molecule has 120 valence electrons. The maximum atomic E-state index is 12.3. The van der Waals surface area contributed by atoms with Gasteiger partial charge in [-0.3, -0.25) is 9.20 Å². The molecule has 4 aromatic heterocycles. The third-order valence-corrected chi connectivity index (χ3v) is 3.77. The van der Waals surface area contributed by atoms with E-state index in [0.717, 1.165) is 11.3 Å². The van der Waals surface area contributed by atoms with Gasteiger partial charge in [0.1, 0.15) is 6.26 Å². The first-order chi connectivity index (χ1) is 11.7. The molecule has 0 aliphatic heterocycles. The zero-order chi connectivity index (χ0) is 16.5. The Morgan fingerprint density at radius 2 is 2.21 bits per heavy atom. The summed E-state index contributed by atoms with van der Waals surface area (Å²) in [6, 6.07) is 7.39. The third-order valence-electron chi connectivity index (χ3n) is 3.77. The molecule has 0 aliphatic carbocycles. The molecule has 0 aromatic carbocycles. The number of fused-ring (bicyclic) bond motifs is 1. The number of nitrogens with zero attached hydrogens (tertiary/aromatic N) is 5. The molecule has 1 amide bonds. The maximum Gasteiger partial charge on any atom is 0.253 e. The van der Waals surface area contributed by atoms with E-state index >= 15 is 0 Å². The molecule has 0 saturated heterocycles. The van der Waals surface area contributed by atoms with Gasteiger partial charge >= 0.3 is 0 Å². The normalized spacial score (nSPS) is 11.0. The first kappa shape index (κ1) is 14.2. The highest BCUT2D eigenvalue weighted by Gasteiger charge is 2.13. The van der Waals surface area contributed by atoms with Crippen LogP contribution in [0.4, 0.5) is 0 Å². The Balaban J connectivity index is 1.65.